The van der Waals surface area contributed by atoms with Gasteiger partial charge in [-0.3, -0.25) is 4.79 Å². The summed E-state index contributed by atoms with van der Waals surface area (Å²) in [6.45, 7) is 4.31. The van der Waals surface area contributed by atoms with Crippen LogP contribution in [0.25, 0.3) is 0 Å². The van der Waals surface area contributed by atoms with Gasteiger partial charge in [0.1, 0.15) is 0 Å². The lowest BCUT2D eigenvalue weighted by Crippen LogP contribution is -2.59. The van der Waals surface area contributed by atoms with E-state index in [4.69, 9.17) is 6.42 Å². The molecule has 3 nitrogen and oxygen atoms in total. The summed E-state index contributed by atoms with van der Waals surface area (Å²) < 4.78 is 0. The van der Waals surface area contributed by atoms with Gasteiger partial charge < -0.3 is 10.2 Å². The Morgan fingerprint density at radius 1 is 1.36 bits per heavy atom. The SMILES string of the molecule is C#CCC1(O)CCC2C3CCC4=CC(=O)C=C[C@]4(C)C3[C@@H](O)C[C@@]21C. The summed E-state index contributed by atoms with van der Waals surface area (Å²) in [6, 6.07) is 0. The van der Waals surface area contributed by atoms with Gasteiger partial charge in [-0.05, 0) is 56.1 Å². The van der Waals surface area contributed by atoms with Gasteiger partial charge in [0.2, 0.25) is 0 Å². The molecular formula is C22H28O3. The minimum absolute atomic E-state index is 0.0605. The van der Waals surface area contributed by atoms with Crippen molar-refractivity contribution in [1.82, 2.24) is 0 Å². The second kappa shape index (κ2) is 5.32. The lowest BCUT2D eigenvalue weighted by molar-refractivity contribution is -0.162. The highest BCUT2D eigenvalue weighted by Crippen LogP contribution is 2.67. The quantitative estimate of drug-likeness (QED) is 0.722. The molecule has 0 aromatic rings. The number of hydrogen-bond acceptors (Lipinski definition) is 3. The lowest BCUT2D eigenvalue weighted by Gasteiger charge is -2.59. The minimum atomic E-state index is -0.867. The van der Waals surface area contributed by atoms with Crippen LogP contribution in [0, 0.1) is 40.9 Å². The van der Waals surface area contributed by atoms with Gasteiger partial charge in [-0.15, -0.1) is 12.3 Å². The fourth-order valence-corrected chi connectivity index (χ4v) is 6.88. The number of allylic oxidation sites excluding steroid dienone is 4. The van der Waals surface area contributed by atoms with E-state index in [-0.39, 0.29) is 22.5 Å². The van der Waals surface area contributed by atoms with E-state index in [0.29, 0.717) is 24.7 Å². The maximum Gasteiger partial charge on any atom is 0.178 e. The molecule has 4 aliphatic carbocycles. The Balaban J connectivity index is 1.74. The van der Waals surface area contributed by atoms with Crippen LogP contribution in [-0.2, 0) is 4.79 Å². The number of ketones is 1. The zero-order valence-electron chi connectivity index (χ0n) is 15.2. The highest BCUT2D eigenvalue weighted by atomic mass is 16.3. The zero-order valence-corrected chi connectivity index (χ0v) is 15.2. The van der Waals surface area contributed by atoms with Crippen molar-refractivity contribution in [3.8, 4) is 12.3 Å². The maximum absolute atomic E-state index is 11.8. The molecule has 0 bridgehead atoms. The van der Waals surface area contributed by atoms with E-state index in [1.54, 1.807) is 12.2 Å². The highest BCUT2D eigenvalue weighted by molar-refractivity contribution is 6.01. The summed E-state index contributed by atoms with van der Waals surface area (Å²) in [5.74, 6) is 3.58. The number of aliphatic hydroxyl groups is 2. The first-order chi connectivity index (χ1) is 11.7. The topological polar surface area (TPSA) is 57.5 Å². The van der Waals surface area contributed by atoms with Crippen molar-refractivity contribution in [2.75, 3.05) is 0 Å². The summed E-state index contributed by atoms with van der Waals surface area (Å²) in [6.07, 6.45) is 15.0. The molecule has 3 saturated carbocycles. The molecule has 0 aromatic carbocycles. The molecule has 134 valence electrons. The molecule has 2 N–H and O–H groups in total. The highest BCUT2D eigenvalue weighted by Gasteiger charge is 2.65. The van der Waals surface area contributed by atoms with Gasteiger partial charge in [0, 0.05) is 23.2 Å². The van der Waals surface area contributed by atoms with Crippen LogP contribution >= 0.6 is 0 Å². The standard InChI is InChI=1S/C22H28O3/c1-4-9-22(25)11-8-17-16-6-5-14-12-15(23)7-10-20(14,2)19(16)18(24)13-21(17,22)3/h1,7,10,12,16-19,24-25H,5-6,8-9,11,13H2,2-3H3/t16?,17?,18-,19?,20-,21-,22?/m0/s1. The van der Waals surface area contributed by atoms with Crippen LogP contribution in [0.1, 0.15) is 52.4 Å². The molecule has 7 atom stereocenters. The second-order valence-corrected chi connectivity index (χ2v) is 9.16. The van der Waals surface area contributed by atoms with Gasteiger partial charge in [-0.2, -0.15) is 0 Å². The summed E-state index contributed by atoms with van der Waals surface area (Å²) >= 11 is 0. The molecule has 4 unspecified atom stereocenters. The monoisotopic (exact) mass is 340 g/mol. The Bertz CT molecular complexity index is 713. The van der Waals surface area contributed by atoms with Gasteiger partial charge in [-0.25, -0.2) is 0 Å². The third-order valence-electron chi connectivity index (χ3n) is 8.21. The number of rotatable bonds is 1. The second-order valence-electron chi connectivity index (χ2n) is 9.16. The van der Waals surface area contributed by atoms with Crippen molar-refractivity contribution < 1.29 is 15.0 Å². The first kappa shape index (κ1) is 17.1. The third-order valence-corrected chi connectivity index (χ3v) is 8.21. The summed E-state index contributed by atoms with van der Waals surface area (Å²) in [5.41, 5.74) is -0.273. The summed E-state index contributed by atoms with van der Waals surface area (Å²) in [7, 11) is 0. The fourth-order valence-electron chi connectivity index (χ4n) is 6.88. The fraction of sp³-hybridized carbons (Fsp3) is 0.682. The van der Waals surface area contributed by atoms with Crippen molar-refractivity contribution in [2.24, 2.45) is 28.6 Å². The Hall–Kier alpha value is -1.37. The Kier molecular flexibility index (Phi) is 3.63. The van der Waals surface area contributed by atoms with Crippen molar-refractivity contribution in [3.05, 3.63) is 23.8 Å². The average Bonchev–Trinajstić information content (AvgIpc) is 2.79. The van der Waals surface area contributed by atoms with E-state index in [9.17, 15) is 15.0 Å². The first-order valence-electron chi connectivity index (χ1n) is 9.53. The molecule has 25 heavy (non-hydrogen) atoms. The molecular weight excluding hydrogens is 312 g/mol. The minimum Gasteiger partial charge on any atom is -0.393 e. The van der Waals surface area contributed by atoms with Crippen LogP contribution in [0.15, 0.2) is 23.8 Å². The smallest absolute Gasteiger partial charge is 0.178 e. The lowest BCUT2D eigenvalue weighted by atomic mass is 9.46. The Morgan fingerprint density at radius 2 is 2.12 bits per heavy atom. The molecule has 3 fully saturated rings. The van der Waals surface area contributed by atoms with Gasteiger partial charge in [-0.1, -0.05) is 25.5 Å². The molecule has 0 aliphatic heterocycles. The van der Waals surface area contributed by atoms with Gasteiger partial charge in [0.05, 0.1) is 11.7 Å². The molecule has 0 saturated heterocycles. The number of hydrogen-bond donors (Lipinski definition) is 2. The molecule has 0 aromatic heterocycles. The van der Waals surface area contributed by atoms with Crippen LogP contribution in [0.3, 0.4) is 0 Å². The number of fused-ring (bicyclic) bond motifs is 5. The molecule has 0 heterocycles. The Labute approximate surface area is 150 Å². The molecule has 4 rings (SSSR count). The van der Waals surface area contributed by atoms with Gasteiger partial charge in [0.25, 0.3) is 0 Å². The van der Waals surface area contributed by atoms with Gasteiger partial charge >= 0.3 is 0 Å². The van der Waals surface area contributed by atoms with E-state index >= 15 is 0 Å². The van der Waals surface area contributed by atoms with Crippen LogP contribution < -0.4 is 0 Å². The van der Waals surface area contributed by atoms with Crippen molar-refractivity contribution in [3.63, 3.8) is 0 Å². The van der Waals surface area contributed by atoms with E-state index < -0.39 is 11.7 Å². The van der Waals surface area contributed by atoms with E-state index in [0.717, 1.165) is 25.7 Å². The van der Waals surface area contributed by atoms with E-state index in [1.807, 2.05) is 6.08 Å². The number of aliphatic hydroxyl groups excluding tert-OH is 1. The van der Waals surface area contributed by atoms with Gasteiger partial charge in [0.15, 0.2) is 5.78 Å². The van der Waals surface area contributed by atoms with Crippen LogP contribution in [0.5, 0.6) is 0 Å². The van der Waals surface area contributed by atoms with Crippen molar-refractivity contribution in [1.29, 1.82) is 0 Å². The van der Waals surface area contributed by atoms with Crippen molar-refractivity contribution in [2.45, 2.75) is 64.1 Å². The van der Waals surface area contributed by atoms with Crippen molar-refractivity contribution >= 4 is 5.78 Å². The number of carbonyl (C=O) groups is 1. The molecule has 0 radical (unpaired) electrons. The summed E-state index contributed by atoms with van der Waals surface area (Å²) in [4.78, 5) is 11.8. The first-order valence-corrected chi connectivity index (χ1v) is 9.53. The molecule has 3 heteroatoms. The summed E-state index contributed by atoms with van der Waals surface area (Å²) in [5, 5.41) is 22.4. The number of terminal acetylenes is 1. The molecule has 4 aliphatic rings. The van der Waals surface area contributed by atoms with E-state index in [2.05, 4.69) is 19.8 Å². The van der Waals surface area contributed by atoms with E-state index in [1.165, 1.54) is 5.57 Å². The molecule has 0 amide bonds. The van der Waals surface area contributed by atoms with Crippen LogP contribution in [-0.4, -0.2) is 27.7 Å². The Morgan fingerprint density at radius 3 is 2.84 bits per heavy atom. The normalized spacial score (nSPS) is 51.2. The number of carbonyl (C=O) groups excluding carboxylic acids is 1. The maximum atomic E-state index is 11.8. The zero-order chi connectivity index (χ0) is 18.0. The molecule has 0 spiro atoms. The predicted octanol–water partition coefficient (Wildman–Crippen LogP) is 3.02. The third kappa shape index (κ3) is 2.11. The van der Waals surface area contributed by atoms with Crippen LogP contribution in [0.4, 0.5) is 0 Å². The largest absolute Gasteiger partial charge is 0.393 e. The predicted molar refractivity (Wildman–Crippen MR) is 96.4 cm³/mol. The van der Waals surface area contributed by atoms with Crippen LogP contribution in [0.2, 0.25) is 0 Å². The average molecular weight is 340 g/mol.